The fourth-order valence-corrected chi connectivity index (χ4v) is 3.11. The molecule has 0 radical (unpaired) electrons. The van der Waals surface area contributed by atoms with Crippen molar-refractivity contribution in [2.45, 2.75) is 6.92 Å². The lowest BCUT2D eigenvalue weighted by Crippen LogP contribution is -2.31. The van der Waals surface area contributed by atoms with Crippen LogP contribution in [-0.4, -0.2) is 26.5 Å². The van der Waals surface area contributed by atoms with Crippen molar-refractivity contribution in [3.63, 3.8) is 0 Å². The Bertz CT molecular complexity index is 1250. The zero-order valence-electron chi connectivity index (χ0n) is 15.6. The van der Waals surface area contributed by atoms with E-state index in [4.69, 9.17) is 13.1 Å². The Hall–Kier alpha value is -5.06. The highest BCUT2D eigenvalue weighted by atomic mass is 15.4. The molecule has 0 saturated heterocycles. The molecule has 3 heterocycles. The van der Waals surface area contributed by atoms with Crippen LogP contribution < -0.4 is 9.80 Å². The zero-order valence-corrected chi connectivity index (χ0v) is 15.6. The molecular weight excluding hydrogens is 380 g/mol. The Labute approximate surface area is 171 Å². The van der Waals surface area contributed by atoms with Gasteiger partial charge in [0.05, 0.1) is 5.69 Å². The molecule has 140 valence electrons. The van der Waals surface area contributed by atoms with Gasteiger partial charge in [-0.2, -0.15) is 10.5 Å². The maximum atomic E-state index is 9.44. The van der Waals surface area contributed by atoms with Crippen LogP contribution in [-0.2, 0) is 0 Å². The molecule has 0 amide bonds. The molecule has 0 saturated carbocycles. The first-order valence-electron chi connectivity index (χ1n) is 8.68. The summed E-state index contributed by atoms with van der Waals surface area (Å²) in [5.74, 6) is 0.941. The highest BCUT2D eigenvalue weighted by Gasteiger charge is 2.40. The predicted molar refractivity (Wildman–Crippen MR) is 107 cm³/mol. The molecule has 1 aliphatic rings. The highest BCUT2D eigenvalue weighted by Crippen LogP contribution is 2.49. The van der Waals surface area contributed by atoms with E-state index in [9.17, 15) is 10.5 Å². The van der Waals surface area contributed by atoms with Gasteiger partial charge in [-0.15, -0.1) is 9.97 Å². The number of fused-ring (bicyclic) bond motifs is 2. The number of benzene rings is 1. The normalized spacial score (nSPS) is 11.4. The molecule has 0 aliphatic carbocycles. The average molecular weight is 390 g/mol. The Morgan fingerprint density at radius 1 is 0.833 bits per heavy atom. The Morgan fingerprint density at radius 2 is 1.33 bits per heavy atom. The van der Waals surface area contributed by atoms with Crippen LogP contribution in [0.15, 0.2) is 30.3 Å². The van der Waals surface area contributed by atoms with Crippen molar-refractivity contribution >= 4 is 40.6 Å². The minimum Gasteiger partial charge on any atom is -0.370 e. The van der Waals surface area contributed by atoms with Crippen LogP contribution in [0.25, 0.3) is 9.69 Å². The Balaban J connectivity index is 2.12. The summed E-state index contributed by atoms with van der Waals surface area (Å²) >= 11 is 0. The third-order valence-corrected chi connectivity index (χ3v) is 4.37. The first-order valence-corrected chi connectivity index (χ1v) is 8.68. The number of rotatable bonds is 2. The molecule has 1 aromatic carbocycles. The van der Waals surface area contributed by atoms with Gasteiger partial charge in [-0.05, 0) is 19.1 Å². The molecular formula is C20H10N10. The van der Waals surface area contributed by atoms with Crippen molar-refractivity contribution in [3.05, 3.63) is 64.6 Å². The molecule has 0 fully saturated rings. The van der Waals surface area contributed by atoms with E-state index in [1.54, 1.807) is 9.80 Å². The van der Waals surface area contributed by atoms with Gasteiger partial charge in [0.15, 0.2) is 23.0 Å². The number of hydrogen-bond donors (Lipinski definition) is 0. The molecule has 4 rings (SSSR count). The molecule has 10 nitrogen and oxygen atoms in total. The summed E-state index contributed by atoms with van der Waals surface area (Å²) in [5, 5.41) is 18.8. The van der Waals surface area contributed by atoms with Gasteiger partial charge in [0.1, 0.15) is 12.1 Å². The third kappa shape index (κ3) is 2.62. The summed E-state index contributed by atoms with van der Waals surface area (Å²) in [4.78, 5) is 27.4. The van der Waals surface area contributed by atoms with Crippen molar-refractivity contribution in [3.8, 4) is 12.1 Å². The van der Waals surface area contributed by atoms with Gasteiger partial charge in [-0.25, -0.2) is 9.97 Å². The number of hydrogen-bond acceptors (Lipinski definition) is 8. The molecule has 10 heteroatoms. The van der Waals surface area contributed by atoms with Crippen LogP contribution in [0, 0.1) is 35.8 Å². The fourth-order valence-electron chi connectivity index (χ4n) is 3.11. The summed E-state index contributed by atoms with van der Waals surface area (Å²) in [7, 11) is 0. The van der Waals surface area contributed by atoms with E-state index in [0.717, 1.165) is 0 Å². The van der Waals surface area contributed by atoms with Gasteiger partial charge >= 0.3 is 5.82 Å². The second-order valence-electron chi connectivity index (χ2n) is 5.95. The van der Waals surface area contributed by atoms with E-state index < -0.39 is 0 Å². The standard InChI is InChI=1S/C20H10N10/c1-4-29-17-19(26-14(11-22)13(10-21)25-17)30(12-8-6-5-7-9-12)20-18(29)27-15(23-2)16(24-3)28-20/h5-9H,4H2,1H3. The van der Waals surface area contributed by atoms with Crippen molar-refractivity contribution in [1.29, 1.82) is 10.5 Å². The number of para-hydroxylation sites is 1. The van der Waals surface area contributed by atoms with Crippen LogP contribution in [0.1, 0.15) is 18.3 Å². The van der Waals surface area contributed by atoms with E-state index in [1.165, 1.54) is 0 Å². The number of nitriles is 2. The molecule has 0 unspecified atom stereocenters. The quantitative estimate of drug-likeness (QED) is 0.602. The van der Waals surface area contributed by atoms with Crippen LogP contribution in [0.5, 0.6) is 0 Å². The average Bonchev–Trinajstić information content (AvgIpc) is 2.81. The Morgan fingerprint density at radius 3 is 1.87 bits per heavy atom. The number of nitrogens with zero attached hydrogens (tertiary/aromatic N) is 10. The van der Waals surface area contributed by atoms with Gasteiger partial charge in [0, 0.05) is 6.54 Å². The highest BCUT2D eigenvalue weighted by molar-refractivity contribution is 5.93. The molecule has 0 bridgehead atoms. The molecule has 0 atom stereocenters. The maximum absolute atomic E-state index is 9.44. The maximum Gasteiger partial charge on any atom is 0.300 e. The van der Waals surface area contributed by atoms with Gasteiger partial charge in [-0.3, -0.25) is 9.80 Å². The SMILES string of the molecule is [C-]#[N+]c1nc2c(nc1[N+]#[C-])N(c1ccccc1)c1nc(C#N)c(C#N)nc1N2CC. The second kappa shape index (κ2) is 7.16. The lowest BCUT2D eigenvalue weighted by Gasteiger charge is -2.32. The predicted octanol–water partition coefficient (Wildman–Crippen LogP) is 4.05. The number of anilines is 5. The van der Waals surface area contributed by atoms with E-state index in [-0.39, 0.29) is 34.7 Å². The molecule has 2 aromatic heterocycles. The summed E-state index contributed by atoms with van der Waals surface area (Å²) in [6.07, 6.45) is 0. The molecule has 0 spiro atoms. The minimum atomic E-state index is -0.133. The summed E-state index contributed by atoms with van der Waals surface area (Å²) in [5.41, 5.74) is 0.426. The first kappa shape index (κ1) is 18.3. The lowest BCUT2D eigenvalue weighted by atomic mass is 10.2. The summed E-state index contributed by atoms with van der Waals surface area (Å²) in [6.45, 7) is 17.0. The van der Waals surface area contributed by atoms with Crippen LogP contribution in [0.3, 0.4) is 0 Å². The third-order valence-electron chi connectivity index (χ3n) is 4.37. The lowest BCUT2D eigenvalue weighted by molar-refractivity contribution is 0.902. The number of aromatic nitrogens is 4. The van der Waals surface area contributed by atoms with E-state index in [0.29, 0.717) is 23.9 Å². The molecule has 1 aliphatic heterocycles. The topological polar surface area (TPSA) is 114 Å². The Kier molecular flexibility index (Phi) is 4.37. The van der Waals surface area contributed by atoms with Gasteiger partial charge in [-0.1, -0.05) is 31.3 Å². The smallest absolute Gasteiger partial charge is 0.300 e. The van der Waals surface area contributed by atoms with Crippen LogP contribution >= 0.6 is 0 Å². The minimum absolute atomic E-state index is 0.109. The van der Waals surface area contributed by atoms with Gasteiger partial charge in [0.2, 0.25) is 0 Å². The molecule has 0 N–H and O–H groups in total. The van der Waals surface area contributed by atoms with Gasteiger partial charge < -0.3 is 9.69 Å². The van der Waals surface area contributed by atoms with Gasteiger partial charge in [0.25, 0.3) is 17.5 Å². The van der Waals surface area contributed by atoms with Crippen molar-refractivity contribution in [1.82, 2.24) is 19.9 Å². The largest absolute Gasteiger partial charge is 0.370 e. The zero-order chi connectivity index (χ0) is 21.3. The van der Waals surface area contributed by atoms with Crippen LogP contribution in [0.2, 0.25) is 0 Å². The van der Waals surface area contributed by atoms with E-state index in [1.807, 2.05) is 49.4 Å². The van der Waals surface area contributed by atoms with Crippen molar-refractivity contribution in [2.24, 2.45) is 0 Å². The monoisotopic (exact) mass is 390 g/mol. The second-order valence-corrected chi connectivity index (χ2v) is 5.95. The van der Waals surface area contributed by atoms with Crippen LogP contribution in [0.4, 0.5) is 40.6 Å². The molecule has 3 aromatic rings. The first-order chi connectivity index (χ1) is 14.7. The van der Waals surface area contributed by atoms with Crippen molar-refractivity contribution in [2.75, 3.05) is 16.3 Å². The van der Waals surface area contributed by atoms with E-state index in [2.05, 4.69) is 29.6 Å². The molecule has 30 heavy (non-hydrogen) atoms. The summed E-state index contributed by atoms with van der Waals surface area (Å²) < 4.78 is 0. The van der Waals surface area contributed by atoms with E-state index >= 15 is 0 Å². The fraction of sp³-hybridized carbons (Fsp3) is 0.100. The van der Waals surface area contributed by atoms with Crippen molar-refractivity contribution < 1.29 is 0 Å². The summed E-state index contributed by atoms with van der Waals surface area (Å²) in [6, 6.07) is 12.9.